The maximum Gasteiger partial charge on any atom is 0.329 e. The summed E-state index contributed by atoms with van der Waals surface area (Å²) in [5.41, 5.74) is 1.22. The molecule has 3 aromatic heterocycles. The molecular formula is C42H46F2N8O5. The van der Waals surface area contributed by atoms with Gasteiger partial charge in [-0.1, -0.05) is 24.0 Å². The van der Waals surface area contributed by atoms with E-state index in [0.29, 0.717) is 45.7 Å². The summed E-state index contributed by atoms with van der Waals surface area (Å²) in [4.78, 5) is 54.2. The molecule has 0 radical (unpaired) electrons. The Labute approximate surface area is 327 Å². The number of imidazole rings is 1. The fourth-order valence-electron chi connectivity index (χ4n) is 7.92. The Hall–Kier alpha value is -5.72. The highest BCUT2D eigenvalue weighted by Gasteiger charge is 2.32. The largest absolute Gasteiger partial charge is 0.386 e. The normalized spacial score (nSPS) is 18.8. The van der Waals surface area contributed by atoms with Crippen LogP contribution in [0, 0.1) is 17.8 Å². The number of carbonyl (C=O) groups is 3. The molecule has 1 saturated carbocycles. The van der Waals surface area contributed by atoms with Gasteiger partial charge in [0.1, 0.15) is 17.4 Å². The quantitative estimate of drug-likeness (QED) is 0.0761. The van der Waals surface area contributed by atoms with E-state index in [-0.39, 0.29) is 36.2 Å². The number of piperidine rings is 1. The van der Waals surface area contributed by atoms with Crippen molar-refractivity contribution in [1.82, 2.24) is 34.5 Å². The molecule has 1 aliphatic heterocycles. The third kappa shape index (κ3) is 8.52. The van der Waals surface area contributed by atoms with Crippen LogP contribution in [0.3, 0.4) is 0 Å². The Kier molecular flexibility index (Phi) is 11.4. The van der Waals surface area contributed by atoms with Crippen LogP contribution in [0.2, 0.25) is 0 Å². The number of benzene rings is 2. The summed E-state index contributed by atoms with van der Waals surface area (Å²) in [5.74, 6) is 5.55. The summed E-state index contributed by atoms with van der Waals surface area (Å²) in [7, 11) is 1.67. The van der Waals surface area contributed by atoms with E-state index >= 15 is 0 Å². The second-order valence-electron chi connectivity index (χ2n) is 15.5. The van der Waals surface area contributed by atoms with E-state index in [1.807, 2.05) is 23.0 Å². The topological polar surface area (TPSA) is 165 Å². The van der Waals surface area contributed by atoms with Crippen LogP contribution in [0.15, 0.2) is 59.5 Å². The molecule has 13 nitrogen and oxygen atoms in total. The molecule has 3 amide bonds. The van der Waals surface area contributed by atoms with Crippen LogP contribution in [0.25, 0.3) is 21.9 Å². The highest BCUT2D eigenvalue weighted by Crippen LogP contribution is 2.36. The van der Waals surface area contributed by atoms with Gasteiger partial charge in [-0.3, -0.25) is 33.5 Å². The number of aryl methyl sites for hydroxylation is 1. The number of nitrogens with zero attached hydrogens (tertiary/aromatic N) is 5. The van der Waals surface area contributed by atoms with E-state index in [1.165, 1.54) is 27.3 Å². The molecule has 1 aliphatic carbocycles. The molecule has 1 atom stereocenters. The monoisotopic (exact) mass is 780 g/mol. The molecule has 4 heterocycles. The number of alkyl halides is 2. The van der Waals surface area contributed by atoms with Crippen molar-refractivity contribution in [2.75, 3.05) is 18.4 Å². The van der Waals surface area contributed by atoms with Crippen molar-refractivity contribution < 1.29 is 28.3 Å². The van der Waals surface area contributed by atoms with Crippen LogP contribution in [0.5, 0.6) is 0 Å². The number of aliphatic hydroxyl groups is 1. The van der Waals surface area contributed by atoms with Crippen LogP contribution in [0.4, 0.5) is 14.5 Å². The highest BCUT2D eigenvalue weighted by molar-refractivity contribution is 6.04. The second-order valence-corrected chi connectivity index (χ2v) is 15.5. The number of para-hydroxylation sites is 1. The van der Waals surface area contributed by atoms with E-state index in [0.717, 1.165) is 50.6 Å². The Morgan fingerprint density at radius 1 is 1.07 bits per heavy atom. The van der Waals surface area contributed by atoms with Gasteiger partial charge in [0, 0.05) is 42.7 Å². The van der Waals surface area contributed by atoms with Gasteiger partial charge >= 0.3 is 5.69 Å². The number of fused-ring (bicyclic) bond motifs is 2. The number of imide groups is 1. The first kappa shape index (κ1) is 39.5. The van der Waals surface area contributed by atoms with Gasteiger partial charge < -0.3 is 15.7 Å². The summed E-state index contributed by atoms with van der Waals surface area (Å²) >= 11 is 0. The molecule has 4 N–H and O–H groups in total. The minimum atomic E-state index is -2.80. The number of hydrogen-bond acceptors (Lipinski definition) is 8. The van der Waals surface area contributed by atoms with E-state index in [9.17, 15) is 33.1 Å². The van der Waals surface area contributed by atoms with E-state index < -0.39 is 35.6 Å². The van der Waals surface area contributed by atoms with Gasteiger partial charge in [-0.2, -0.15) is 5.10 Å². The van der Waals surface area contributed by atoms with E-state index in [2.05, 4.69) is 32.8 Å². The van der Waals surface area contributed by atoms with Gasteiger partial charge in [0.15, 0.2) is 0 Å². The van der Waals surface area contributed by atoms with Crippen LogP contribution >= 0.6 is 0 Å². The number of hydrogen-bond donors (Lipinski definition) is 4. The molecule has 2 aliphatic rings. The lowest BCUT2D eigenvalue weighted by molar-refractivity contribution is -0.135. The summed E-state index contributed by atoms with van der Waals surface area (Å²) in [6.45, 7) is 4.95. The average Bonchev–Trinajstić information content (AvgIpc) is 3.71. The summed E-state index contributed by atoms with van der Waals surface area (Å²) in [6, 6.07) is 12.4. The standard InChI is InChI=1S/C42H46F2N8O5/c1-42(2,57)29-22-32-27(21-33(29)47-39(54)31-12-8-11-30(46-31)38(43)44)24-51(49-32)28-16-14-25(15-17-28)23-45-20-6-4-5-9-26-10-7-13-34-37(26)50(3)41(56)52(34)35-18-19-36(53)48-40(35)55/h7-8,10-13,21-22,24-25,28,35,38,45,57H,4,6,14-20,23H2,1-3H3,(H,47,54)(H,48,53,55). The molecule has 5 aromatic rings. The number of carbonyl (C=O) groups excluding carboxylic acids is 3. The number of rotatable bonds is 11. The van der Waals surface area contributed by atoms with Gasteiger partial charge in [-0.15, -0.1) is 0 Å². The first-order valence-electron chi connectivity index (χ1n) is 19.3. The van der Waals surface area contributed by atoms with Crippen LogP contribution in [-0.4, -0.2) is 59.8 Å². The molecule has 298 valence electrons. The van der Waals surface area contributed by atoms with Crippen molar-refractivity contribution in [3.63, 3.8) is 0 Å². The molecule has 2 aromatic carbocycles. The molecule has 0 spiro atoms. The lowest BCUT2D eigenvalue weighted by atomic mass is 9.86. The number of unbranched alkanes of at least 4 members (excludes halogenated alkanes) is 1. The van der Waals surface area contributed by atoms with E-state index in [4.69, 9.17) is 5.10 Å². The number of pyridine rings is 1. The second kappa shape index (κ2) is 16.4. The van der Waals surface area contributed by atoms with Crippen LogP contribution < -0.4 is 21.6 Å². The zero-order valence-electron chi connectivity index (χ0n) is 32.1. The first-order valence-corrected chi connectivity index (χ1v) is 19.3. The zero-order valence-corrected chi connectivity index (χ0v) is 32.1. The first-order chi connectivity index (χ1) is 27.3. The minimum Gasteiger partial charge on any atom is -0.386 e. The van der Waals surface area contributed by atoms with E-state index in [1.54, 1.807) is 39.1 Å². The SMILES string of the molecule is Cn1c(=O)n(C2CCC(=O)NC2=O)c2cccc(C#CCCCNCC3CCC(n4cc5cc(NC(=O)c6cccc(C(F)F)n6)c(C(C)(C)O)cc5n4)CC3)c21. The van der Waals surface area contributed by atoms with Gasteiger partial charge in [0.25, 0.3) is 12.3 Å². The third-order valence-corrected chi connectivity index (χ3v) is 10.9. The smallest absolute Gasteiger partial charge is 0.329 e. The van der Waals surface area contributed by atoms with Crippen molar-refractivity contribution in [3.05, 3.63) is 87.7 Å². The van der Waals surface area contributed by atoms with Gasteiger partial charge in [0.05, 0.1) is 33.8 Å². The average molecular weight is 781 g/mol. The Morgan fingerprint density at radius 3 is 2.58 bits per heavy atom. The van der Waals surface area contributed by atoms with Crippen molar-refractivity contribution >= 4 is 45.3 Å². The number of nitrogens with one attached hydrogen (secondary N) is 3. The predicted molar refractivity (Wildman–Crippen MR) is 211 cm³/mol. The molecule has 57 heavy (non-hydrogen) atoms. The fraction of sp³-hybridized carbons (Fsp3) is 0.429. The van der Waals surface area contributed by atoms with Gasteiger partial charge in [-0.25, -0.2) is 18.6 Å². The maximum absolute atomic E-state index is 13.2. The Bertz CT molecular complexity index is 2460. The molecule has 2 fully saturated rings. The van der Waals surface area contributed by atoms with Crippen molar-refractivity contribution in [2.45, 2.75) is 89.3 Å². The lowest BCUT2D eigenvalue weighted by Crippen LogP contribution is -2.44. The predicted octanol–water partition coefficient (Wildman–Crippen LogP) is 5.63. The Balaban J connectivity index is 0.909. The number of anilines is 1. The molecule has 0 bridgehead atoms. The number of amides is 3. The molecule has 7 rings (SSSR count). The van der Waals surface area contributed by atoms with Crippen LogP contribution in [0.1, 0.15) is 111 Å². The zero-order chi connectivity index (χ0) is 40.4. The molecular weight excluding hydrogens is 735 g/mol. The summed E-state index contributed by atoms with van der Waals surface area (Å²) in [5, 5.41) is 25.3. The minimum absolute atomic E-state index is 0.147. The Morgan fingerprint density at radius 2 is 1.84 bits per heavy atom. The summed E-state index contributed by atoms with van der Waals surface area (Å²) < 4.78 is 31.4. The number of aromatic nitrogens is 5. The maximum atomic E-state index is 13.2. The van der Waals surface area contributed by atoms with Crippen molar-refractivity contribution in [2.24, 2.45) is 13.0 Å². The molecule has 1 unspecified atom stereocenters. The van der Waals surface area contributed by atoms with Crippen LogP contribution in [-0.2, 0) is 22.2 Å². The number of halogens is 2. The van der Waals surface area contributed by atoms with Crippen molar-refractivity contribution in [3.8, 4) is 11.8 Å². The van der Waals surface area contributed by atoms with Gasteiger partial charge in [-0.05, 0) is 108 Å². The summed E-state index contributed by atoms with van der Waals surface area (Å²) in [6.07, 6.45) is 5.13. The highest BCUT2D eigenvalue weighted by atomic mass is 19.3. The third-order valence-electron chi connectivity index (χ3n) is 10.9. The lowest BCUT2D eigenvalue weighted by Gasteiger charge is -2.28. The molecule has 1 saturated heterocycles. The van der Waals surface area contributed by atoms with Crippen molar-refractivity contribution in [1.29, 1.82) is 0 Å². The molecule has 15 heteroatoms. The fourth-order valence-corrected chi connectivity index (χ4v) is 7.92. The van der Waals surface area contributed by atoms with Gasteiger partial charge in [0.2, 0.25) is 11.8 Å².